The number of benzene rings is 1. The lowest BCUT2D eigenvalue weighted by atomic mass is 10.0. The Labute approximate surface area is 132 Å². The number of H-pyrrole nitrogens is 1. The predicted molar refractivity (Wildman–Crippen MR) is 86.5 cm³/mol. The molecule has 0 aliphatic heterocycles. The first-order chi connectivity index (χ1) is 11.0. The summed E-state index contributed by atoms with van der Waals surface area (Å²) in [6.45, 7) is 3.26. The molecule has 0 bridgehead atoms. The number of aromatic amines is 1. The van der Waals surface area contributed by atoms with E-state index in [1.165, 1.54) is 0 Å². The summed E-state index contributed by atoms with van der Waals surface area (Å²) in [4.78, 5) is 38.5. The maximum absolute atomic E-state index is 11.9. The zero-order chi connectivity index (χ0) is 16.4. The largest absolute Gasteiger partial charge is 0.309 e. The van der Waals surface area contributed by atoms with Gasteiger partial charge in [-0.15, -0.1) is 0 Å². The van der Waals surface area contributed by atoms with Crippen LogP contribution in [0, 0.1) is 6.92 Å². The van der Waals surface area contributed by atoms with Crippen molar-refractivity contribution in [2.45, 2.75) is 26.7 Å². The van der Waals surface area contributed by atoms with Crippen molar-refractivity contribution in [2.24, 2.45) is 0 Å². The fourth-order valence-electron chi connectivity index (χ4n) is 2.36. The van der Waals surface area contributed by atoms with Gasteiger partial charge in [0.25, 0.3) is 5.56 Å². The van der Waals surface area contributed by atoms with Crippen LogP contribution in [-0.4, -0.2) is 25.7 Å². The third-order valence-corrected chi connectivity index (χ3v) is 3.62. The van der Waals surface area contributed by atoms with Crippen molar-refractivity contribution in [1.29, 1.82) is 0 Å². The SMILES string of the molecule is CC(=O)c1ccc(CCc2cnc3nc(C)[nH]c(=O)c3n2)cc1. The summed E-state index contributed by atoms with van der Waals surface area (Å²) in [5, 5.41) is 0. The minimum atomic E-state index is -0.271. The Hall–Kier alpha value is -2.89. The Morgan fingerprint density at radius 3 is 2.57 bits per heavy atom. The summed E-state index contributed by atoms with van der Waals surface area (Å²) in [5.74, 6) is 0.578. The monoisotopic (exact) mass is 308 g/mol. The van der Waals surface area contributed by atoms with E-state index in [0.29, 0.717) is 23.5 Å². The lowest BCUT2D eigenvalue weighted by Gasteiger charge is -2.04. The first-order valence-corrected chi connectivity index (χ1v) is 7.35. The molecule has 23 heavy (non-hydrogen) atoms. The van der Waals surface area contributed by atoms with Gasteiger partial charge in [0.05, 0.1) is 11.9 Å². The minimum Gasteiger partial charge on any atom is -0.309 e. The van der Waals surface area contributed by atoms with E-state index in [1.807, 2.05) is 24.3 Å². The number of nitrogens with zero attached hydrogens (tertiary/aromatic N) is 3. The maximum Gasteiger partial charge on any atom is 0.279 e. The molecule has 0 aliphatic rings. The van der Waals surface area contributed by atoms with Crippen LogP contribution in [0.2, 0.25) is 0 Å². The number of fused-ring (bicyclic) bond motifs is 1. The van der Waals surface area contributed by atoms with Crippen molar-refractivity contribution in [2.75, 3.05) is 0 Å². The number of hydrogen-bond donors (Lipinski definition) is 1. The topological polar surface area (TPSA) is 88.6 Å². The summed E-state index contributed by atoms with van der Waals surface area (Å²) in [5.41, 5.74) is 2.90. The summed E-state index contributed by atoms with van der Waals surface area (Å²) in [6, 6.07) is 7.51. The van der Waals surface area contributed by atoms with Crippen LogP contribution in [-0.2, 0) is 12.8 Å². The number of carbonyl (C=O) groups excluding carboxylic acids is 1. The van der Waals surface area contributed by atoms with Gasteiger partial charge in [-0.2, -0.15) is 0 Å². The highest BCUT2D eigenvalue weighted by Gasteiger charge is 2.07. The van der Waals surface area contributed by atoms with Crippen molar-refractivity contribution >= 4 is 16.9 Å². The van der Waals surface area contributed by atoms with Crippen LogP contribution in [0.4, 0.5) is 0 Å². The second kappa shape index (κ2) is 6.08. The number of hydrogen-bond acceptors (Lipinski definition) is 5. The molecule has 1 N–H and O–H groups in total. The van der Waals surface area contributed by atoms with Gasteiger partial charge in [-0.25, -0.2) is 15.0 Å². The molecule has 3 rings (SSSR count). The van der Waals surface area contributed by atoms with E-state index in [0.717, 1.165) is 17.7 Å². The van der Waals surface area contributed by atoms with Gasteiger partial charge in [-0.1, -0.05) is 24.3 Å². The van der Waals surface area contributed by atoms with Crippen molar-refractivity contribution in [3.8, 4) is 0 Å². The van der Waals surface area contributed by atoms with Crippen molar-refractivity contribution in [3.63, 3.8) is 0 Å². The van der Waals surface area contributed by atoms with Crippen LogP contribution in [0.3, 0.4) is 0 Å². The van der Waals surface area contributed by atoms with Gasteiger partial charge >= 0.3 is 0 Å². The van der Waals surface area contributed by atoms with E-state index in [9.17, 15) is 9.59 Å². The average Bonchev–Trinajstić information content (AvgIpc) is 2.53. The molecule has 116 valence electrons. The Kier molecular flexibility index (Phi) is 3.97. The van der Waals surface area contributed by atoms with Gasteiger partial charge < -0.3 is 4.98 Å². The first-order valence-electron chi connectivity index (χ1n) is 7.35. The van der Waals surface area contributed by atoms with E-state index in [4.69, 9.17) is 0 Å². The molecule has 1 aromatic carbocycles. The molecule has 0 unspecified atom stereocenters. The van der Waals surface area contributed by atoms with Gasteiger partial charge in [-0.3, -0.25) is 9.59 Å². The van der Waals surface area contributed by atoms with Crippen LogP contribution in [0.1, 0.15) is 34.4 Å². The summed E-state index contributed by atoms with van der Waals surface area (Å²) in [6.07, 6.45) is 3.07. The molecule has 0 aliphatic carbocycles. The van der Waals surface area contributed by atoms with Crippen molar-refractivity contribution in [3.05, 3.63) is 63.5 Å². The fourth-order valence-corrected chi connectivity index (χ4v) is 2.36. The Morgan fingerprint density at radius 2 is 1.87 bits per heavy atom. The number of aromatic nitrogens is 4. The van der Waals surface area contributed by atoms with Crippen LogP contribution in [0.5, 0.6) is 0 Å². The molecular weight excluding hydrogens is 292 g/mol. The van der Waals surface area contributed by atoms with E-state index in [1.54, 1.807) is 20.0 Å². The van der Waals surface area contributed by atoms with Gasteiger partial charge in [-0.05, 0) is 32.3 Å². The molecular formula is C17H16N4O2. The summed E-state index contributed by atoms with van der Waals surface area (Å²) < 4.78 is 0. The highest BCUT2D eigenvalue weighted by molar-refractivity contribution is 5.94. The maximum atomic E-state index is 11.9. The zero-order valence-corrected chi connectivity index (χ0v) is 13.0. The molecule has 0 atom stereocenters. The molecule has 0 saturated carbocycles. The van der Waals surface area contributed by atoms with E-state index < -0.39 is 0 Å². The molecule has 0 spiro atoms. The Balaban J connectivity index is 1.79. The standard InChI is InChI=1S/C17H16N4O2/c1-10(22)13-6-3-12(4-7-13)5-8-14-9-18-16-15(21-14)17(23)20-11(2)19-16/h3-4,6-7,9H,5,8H2,1-2H3,(H,18,19,20,23). The number of Topliss-reactive ketones (excluding diaryl/α,β-unsaturated/α-hetero) is 1. The zero-order valence-electron chi connectivity index (χ0n) is 13.0. The summed E-state index contributed by atoms with van der Waals surface area (Å²) >= 11 is 0. The highest BCUT2D eigenvalue weighted by Crippen LogP contribution is 2.09. The number of aryl methyl sites for hydroxylation is 3. The Bertz CT molecular complexity index is 929. The second-order valence-corrected chi connectivity index (χ2v) is 5.44. The predicted octanol–water partition coefficient (Wildman–Crippen LogP) is 2.01. The summed E-state index contributed by atoms with van der Waals surface area (Å²) in [7, 11) is 0. The van der Waals surface area contributed by atoms with Crippen LogP contribution >= 0.6 is 0 Å². The van der Waals surface area contributed by atoms with Crippen LogP contribution in [0.15, 0.2) is 35.3 Å². The molecule has 6 nitrogen and oxygen atoms in total. The lowest BCUT2D eigenvalue weighted by Crippen LogP contribution is -2.13. The quantitative estimate of drug-likeness (QED) is 0.745. The highest BCUT2D eigenvalue weighted by atomic mass is 16.1. The van der Waals surface area contributed by atoms with Crippen molar-refractivity contribution < 1.29 is 4.79 Å². The fraction of sp³-hybridized carbons (Fsp3) is 0.235. The molecule has 0 radical (unpaired) electrons. The number of rotatable bonds is 4. The first kappa shape index (κ1) is 15.0. The molecule has 0 amide bonds. The molecule has 0 saturated heterocycles. The normalized spacial score (nSPS) is 10.9. The molecule has 3 aromatic rings. The van der Waals surface area contributed by atoms with Gasteiger partial charge in [0.15, 0.2) is 16.9 Å². The molecule has 0 fully saturated rings. The van der Waals surface area contributed by atoms with E-state index >= 15 is 0 Å². The third kappa shape index (κ3) is 3.31. The van der Waals surface area contributed by atoms with Gasteiger partial charge in [0.1, 0.15) is 5.82 Å². The third-order valence-electron chi connectivity index (χ3n) is 3.62. The molecule has 2 aromatic heterocycles. The minimum absolute atomic E-state index is 0.0546. The number of ketones is 1. The average molecular weight is 308 g/mol. The second-order valence-electron chi connectivity index (χ2n) is 5.44. The number of carbonyl (C=O) groups is 1. The lowest BCUT2D eigenvalue weighted by molar-refractivity contribution is 0.101. The van der Waals surface area contributed by atoms with Crippen molar-refractivity contribution in [1.82, 2.24) is 19.9 Å². The van der Waals surface area contributed by atoms with Crippen LogP contribution in [0.25, 0.3) is 11.2 Å². The van der Waals surface area contributed by atoms with E-state index in [-0.39, 0.29) is 16.9 Å². The van der Waals surface area contributed by atoms with E-state index in [2.05, 4.69) is 19.9 Å². The van der Waals surface area contributed by atoms with Gasteiger partial charge in [0.2, 0.25) is 0 Å². The Morgan fingerprint density at radius 1 is 1.13 bits per heavy atom. The molecule has 6 heteroatoms. The van der Waals surface area contributed by atoms with Gasteiger partial charge in [0, 0.05) is 5.56 Å². The molecule has 2 heterocycles. The number of nitrogens with one attached hydrogen (secondary N) is 1. The smallest absolute Gasteiger partial charge is 0.279 e. The van der Waals surface area contributed by atoms with Crippen LogP contribution < -0.4 is 5.56 Å².